The molecule has 198 valence electrons. The number of piperidine rings is 1. The van der Waals surface area contributed by atoms with Crippen LogP contribution >= 0.6 is 11.3 Å². The van der Waals surface area contributed by atoms with E-state index in [4.69, 9.17) is 4.74 Å². The van der Waals surface area contributed by atoms with Crippen molar-refractivity contribution >= 4 is 39.9 Å². The second-order valence-corrected chi connectivity index (χ2v) is 12.3. The lowest BCUT2D eigenvalue weighted by Crippen LogP contribution is -2.55. The van der Waals surface area contributed by atoms with E-state index < -0.39 is 11.3 Å². The Morgan fingerprint density at radius 1 is 1.11 bits per heavy atom. The Hall–Kier alpha value is -3.45. The van der Waals surface area contributed by atoms with Crippen LogP contribution in [0.3, 0.4) is 0 Å². The maximum Gasteiger partial charge on any atom is 0.317 e. The van der Waals surface area contributed by atoms with Crippen molar-refractivity contribution in [1.29, 1.82) is 0 Å². The summed E-state index contributed by atoms with van der Waals surface area (Å²) in [5, 5.41) is 7.09. The minimum absolute atomic E-state index is 0.0305. The number of allylic oxidation sites excluding steroid dienone is 1. The molecule has 2 atom stereocenters. The van der Waals surface area contributed by atoms with Crippen LogP contribution < -0.4 is 5.32 Å². The number of benzene rings is 2. The van der Waals surface area contributed by atoms with Gasteiger partial charge >= 0.3 is 5.97 Å². The Labute approximate surface area is 227 Å². The number of carbonyl (C=O) groups excluding carboxylic acids is 3. The summed E-state index contributed by atoms with van der Waals surface area (Å²) in [6.45, 7) is 5.04. The fraction of sp³-hybridized carbons (Fsp3) is 0.387. The molecule has 38 heavy (non-hydrogen) atoms. The Kier molecular flexibility index (Phi) is 7.14. The SMILES string of the molecule is COC(=O)[C@@]12C[C@@H](CC(=O)NCc3cccs3)C(=O)N(Cc3cccc4ccccc34)C1=CCC(C)(C)C2. The Balaban J connectivity index is 1.51. The highest BCUT2D eigenvalue weighted by molar-refractivity contribution is 7.09. The zero-order valence-corrected chi connectivity index (χ0v) is 23.0. The molecule has 1 aromatic heterocycles. The number of ether oxygens (including phenoxy) is 1. The molecule has 1 aliphatic carbocycles. The van der Waals surface area contributed by atoms with Gasteiger partial charge in [0.1, 0.15) is 5.41 Å². The van der Waals surface area contributed by atoms with E-state index >= 15 is 0 Å². The third-order valence-electron chi connectivity index (χ3n) is 7.88. The molecule has 0 spiro atoms. The second-order valence-electron chi connectivity index (χ2n) is 11.2. The van der Waals surface area contributed by atoms with E-state index in [-0.39, 0.29) is 36.0 Å². The van der Waals surface area contributed by atoms with E-state index in [1.54, 1.807) is 16.2 Å². The first-order chi connectivity index (χ1) is 18.2. The molecule has 5 rings (SSSR count). The molecule has 2 aliphatic rings. The van der Waals surface area contributed by atoms with E-state index in [0.29, 0.717) is 19.5 Å². The number of fused-ring (bicyclic) bond motifs is 2. The second kappa shape index (κ2) is 10.4. The van der Waals surface area contributed by atoms with Crippen molar-refractivity contribution in [3.8, 4) is 0 Å². The van der Waals surface area contributed by atoms with Crippen molar-refractivity contribution in [2.75, 3.05) is 7.11 Å². The summed E-state index contributed by atoms with van der Waals surface area (Å²) in [6, 6.07) is 18.1. The number of rotatable bonds is 7. The molecule has 2 amide bonds. The van der Waals surface area contributed by atoms with Gasteiger partial charge in [-0.25, -0.2) is 0 Å². The Bertz CT molecular complexity index is 1390. The highest BCUT2D eigenvalue weighted by atomic mass is 32.1. The van der Waals surface area contributed by atoms with Crippen molar-refractivity contribution in [2.45, 2.75) is 52.6 Å². The lowest BCUT2D eigenvalue weighted by Gasteiger charge is -2.51. The maximum absolute atomic E-state index is 14.1. The van der Waals surface area contributed by atoms with Crippen LogP contribution in [0.2, 0.25) is 0 Å². The number of esters is 1. The average molecular weight is 531 g/mol. The lowest BCUT2D eigenvalue weighted by molar-refractivity contribution is -0.162. The molecule has 2 heterocycles. The number of likely N-dealkylation sites (tertiary alicyclic amines) is 1. The van der Waals surface area contributed by atoms with Gasteiger partial charge in [0, 0.05) is 22.9 Å². The minimum atomic E-state index is -0.978. The van der Waals surface area contributed by atoms with Crippen LogP contribution in [0, 0.1) is 16.7 Å². The number of hydrogen-bond acceptors (Lipinski definition) is 5. The van der Waals surface area contributed by atoms with E-state index in [9.17, 15) is 14.4 Å². The zero-order chi connectivity index (χ0) is 26.9. The molecule has 1 fully saturated rings. The van der Waals surface area contributed by atoms with Crippen molar-refractivity contribution in [3.05, 3.63) is 82.2 Å². The van der Waals surface area contributed by atoms with Crippen LogP contribution in [0.25, 0.3) is 10.8 Å². The first kappa shape index (κ1) is 26.2. The molecule has 0 radical (unpaired) electrons. The summed E-state index contributed by atoms with van der Waals surface area (Å²) < 4.78 is 5.38. The highest BCUT2D eigenvalue weighted by Crippen LogP contribution is 2.55. The Morgan fingerprint density at radius 2 is 1.89 bits per heavy atom. The predicted octanol–water partition coefficient (Wildman–Crippen LogP) is 5.82. The van der Waals surface area contributed by atoms with Gasteiger partial charge in [0.25, 0.3) is 0 Å². The van der Waals surface area contributed by atoms with Crippen LogP contribution in [0.1, 0.15) is 50.0 Å². The summed E-state index contributed by atoms with van der Waals surface area (Å²) in [4.78, 5) is 43.4. The van der Waals surface area contributed by atoms with Gasteiger partial charge in [0.2, 0.25) is 11.8 Å². The number of carbonyl (C=O) groups is 3. The molecule has 2 aromatic carbocycles. The van der Waals surface area contributed by atoms with E-state index in [0.717, 1.165) is 33.3 Å². The third-order valence-corrected chi connectivity index (χ3v) is 8.75. The summed E-state index contributed by atoms with van der Waals surface area (Å²) in [6.07, 6.45) is 3.67. The summed E-state index contributed by atoms with van der Waals surface area (Å²) in [5.41, 5.74) is 0.601. The van der Waals surface area contributed by atoms with Crippen LogP contribution in [-0.2, 0) is 32.2 Å². The molecule has 0 bridgehead atoms. The van der Waals surface area contributed by atoms with E-state index in [1.807, 2.05) is 41.8 Å². The largest absolute Gasteiger partial charge is 0.468 e. The maximum atomic E-state index is 14.1. The van der Waals surface area contributed by atoms with Crippen LogP contribution in [0.5, 0.6) is 0 Å². The quantitative estimate of drug-likeness (QED) is 0.391. The molecule has 0 saturated carbocycles. The number of nitrogens with one attached hydrogen (secondary N) is 1. The molecule has 1 N–H and O–H groups in total. The number of amides is 2. The first-order valence-electron chi connectivity index (χ1n) is 13.1. The van der Waals surface area contributed by atoms with Crippen molar-refractivity contribution in [3.63, 3.8) is 0 Å². The smallest absolute Gasteiger partial charge is 0.317 e. The number of methoxy groups -OCH3 is 1. The zero-order valence-electron chi connectivity index (χ0n) is 22.2. The minimum Gasteiger partial charge on any atom is -0.468 e. The fourth-order valence-corrected chi connectivity index (χ4v) is 6.86. The molecule has 7 heteroatoms. The normalized spacial score (nSPS) is 22.5. The van der Waals surface area contributed by atoms with Gasteiger partial charge in [-0.3, -0.25) is 14.4 Å². The topological polar surface area (TPSA) is 75.7 Å². The molecule has 1 saturated heterocycles. The van der Waals surface area contributed by atoms with Crippen LogP contribution in [-0.4, -0.2) is 29.8 Å². The molecular weight excluding hydrogens is 496 g/mol. The van der Waals surface area contributed by atoms with Crippen molar-refractivity contribution in [1.82, 2.24) is 10.2 Å². The van der Waals surface area contributed by atoms with Gasteiger partial charge in [-0.2, -0.15) is 0 Å². The van der Waals surface area contributed by atoms with E-state index in [2.05, 4.69) is 43.4 Å². The van der Waals surface area contributed by atoms with Gasteiger partial charge in [-0.15, -0.1) is 11.3 Å². The van der Waals surface area contributed by atoms with Gasteiger partial charge in [0.15, 0.2) is 0 Å². The predicted molar refractivity (Wildman–Crippen MR) is 149 cm³/mol. The summed E-state index contributed by atoms with van der Waals surface area (Å²) >= 11 is 1.58. The molecule has 1 aliphatic heterocycles. The van der Waals surface area contributed by atoms with Gasteiger partial charge < -0.3 is 15.0 Å². The molecule has 3 aromatic rings. The van der Waals surface area contributed by atoms with E-state index in [1.165, 1.54) is 7.11 Å². The number of nitrogens with zero attached hydrogens (tertiary/aromatic N) is 1. The average Bonchev–Trinajstić information content (AvgIpc) is 3.43. The first-order valence-corrected chi connectivity index (χ1v) is 14.0. The molecule has 6 nitrogen and oxygen atoms in total. The highest BCUT2D eigenvalue weighted by Gasteiger charge is 2.57. The van der Waals surface area contributed by atoms with Crippen molar-refractivity contribution in [2.24, 2.45) is 16.7 Å². The summed E-state index contributed by atoms with van der Waals surface area (Å²) in [7, 11) is 1.41. The third kappa shape index (κ3) is 4.99. The standard InChI is InChI=1S/C31H34N2O4S/c1-30(2)14-13-26-31(20-30,29(36)37-3)17-23(16-27(34)32-18-24-11-7-15-38-24)28(35)33(26)19-22-10-6-9-21-8-4-5-12-25(21)22/h4-13,15,23H,14,16-20H2,1-3H3,(H,32,34)/t23-,31-/m1/s1. The fourth-order valence-electron chi connectivity index (χ4n) is 6.21. The van der Waals surface area contributed by atoms with Gasteiger partial charge in [0.05, 0.1) is 20.2 Å². The monoisotopic (exact) mass is 530 g/mol. The molecular formula is C31H34N2O4S. The van der Waals surface area contributed by atoms with Gasteiger partial charge in [-0.05, 0) is 52.5 Å². The molecule has 0 unspecified atom stereocenters. The van der Waals surface area contributed by atoms with Gasteiger partial charge in [-0.1, -0.05) is 68.5 Å². The van der Waals surface area contributed by atoms with Crippen LogP contribution in [0.15, 0.2) is 71.8 Å². The Morgan fingerprint density at radius 3 is 2.66 bits per heavy atom. The number of thiophene rings is 1. The number of hydrogen-bond donors (Lipinski definition) is 1. The lowest BCUT2D eigenvalue weighted by atomic mass is 9.59. The van der Waals surface area contributed by atoms with Crippen molar-refractivity contribution < 1.29 is 19.1 Å². The van der Waals surface area contributed by atoms with Crippen LogP contribution in [0.4, 0.5) is 0 Å². The summed E-state index contributed by atoms with van der Waals surface area (Å²) in [5.74, 6) is -1.27.